The van der Waals surface area contributed by atoms with E-state index in [9.17, 15) is 4.79 Å². The first-order valence-corrected chi connectivity index (χ1v) is 3.32. The zero-order valence-corrected chi connectivity index (χ0v) is 6.16. The minimum Gasteiger partial charge on any atom is -0.481 e. The van der Waals surface area contributed by atoms with Crippen LogP contribution in [-0.4, -0.2) is 33.6 Å². The van der Waals surface area contributed by atoms with Crippen LogP contribution in [0, 0.1) is 0 Å². The largest absolute Gasteiger partial charge is 0.481 e. The predicted octanol–water partition coefficient (Wildman–Crippen LogP) is -1.12. The summed E-state index contributed by atoms with van der Waals surface area (Å²) in [4.78, 5) is 9.99. The molecule has 0 bridgehead atoms. The van der Waals surface area contributed by atoms with Crippen molar-refractivity contribution in [3.63, 3.8) is 0 Å². The number of nitrogens with two attached hydrogens (primary N) is 1. The number of hydrogen-bond donors (Lipinski definition) is 4. The molecule has 5 heteroatoms. The fourth-order valence-electron chi connectivity index (χ4n) is 0.625. The lowest BCUT2D eigenvalue weighted by molar-refractivity contribution is -0.137. The summed E-state index contributed by atoms with van der Waals surface area (Å²) >= 11 is 0. The summed E-state index contributed by atoms with van der Waals surface area (Å²) in [5.41, 5.74) is 3.49. The molecule has 0 aliphatic heterocycles. The lowest BCUT2D eigenvalue weighted by Crippen LogP contribution is -2.43. The molecule has 11 heavy (non-hydrogen) atoms. The smallest absolute Gasteiger partial charge is 0.303 e. The van der Waals surface area contributed by atoms with Crippen LogP contribution in [0.3, 0.4) is 0 Å². The van der Waals surface area contributed by atoms with Crippen LogP contribution in [0.2, 0.25) is 0 Å². The van der Waals surface area contributed by atoms with Gasteiger partial charge in [-0.25, -0.2) is 0 Å². The highest BCUT2D eigenvalue weighted by Gasteiger charge is 2.18. The van der Waals surface area contributed by atoms with Gasteiger partial charge in [0.25, 0.3) is 0 Å². The molecule has 0 saturated heterocycles. The van der Waals surface area contributed by atoms with E-state index in [2.05, 4.69) is 0 Å². The number of rotatable bonds is 5. The Morgan fingerprint density at radius 2 is 2.09 bits per heavy atom. The van der Waals surface area contributed by atoms with E-state index in [0.29, 0.717) is 0 Å². The molecule has 0 heterocycles. The summed E-state index contributed by atoms with van der Waals surface area (Å²) in [5.74, 6) is -0.932. The minimum absolute atomic E-state index is 0.0422. The van der Waals surface area contributed by atoms with Gasteiger partial charge in [-0.3, -0.25) is 4.79 Å². The molecule has 0 aliphatic rings. The van der Waals surface area contributed by atoms with Crippen molar-refractivity contribution in [2.75, 3.05) is 6.61 Å². The number of aliphatic hydroxyl groups excluding tert-OH is 1. The number of aliphatic hydroxyl groups is 2. The van der Waals surface area contributed by atoms with E-state index in [0.717, 1.165) is 0 Å². The van der Waals surface area contributed by atoms with Gasteiger partial charge in [-0.2, -0.15) is 0 Å². The molecule has 0 spiro atoms. The van der Waals surface area contributed by atoms with Crippen LogP contribution in [0.15, 0.2) is 0 Å². The molecule has 5 nitrogen and oxygen atoms in total. The first-order valence-electron chi connectivity index (χ1n) is 3.32. The molecule has 0 saturated carbocycles. The topological polar surface area (TPSA) is 104 Å². The van der Waals surface area contributed by atoms with E-state index in [1.54, 1.807) is 0 Å². The highest BCUT2D eigenvalue weighted by Crippen LogP contribution is 2.06. The number of carboxylic acid groups (broad SMARTS) is 1. The van der Waals surface area contributed by atoms with E-state index in [1.165, 1.54) is 0 Å². The second-order valence-corrected chi connectivity index (χ2v) is 2.51. The monoisotopic (exact) mass is 163 g/mol. The quantitative estimate of drug-likeness (QED) is 0.384. The third-order valence-electron chi connectivity index (χ3n) is 1.27. The highest BCUT2D eigenvalue weighted by molar-refractivity contribution is 5.66. The van der Waals surface area contributed by atoms with Gasteiger partial charge >= 0.3 is 5.97 Å². The average Bonchev–Trinajstić information content (AvgIpc) is 1.87. The summed E-state index contributed by atoms with van der Waals surface area (Å²) in [5, 5.41) is 25.6. The van der Waals surface area contributed by atoms with Gasteiger partial charge in [0.05, 0.1) is 6.61 Å². The van der Waals surface area contributed by atoms with Crippen LogP contribution in [0.25, 0.3) is 0 Å². The molecule has 0 fully saturated rings. The molecule has 0 aromatic rings. The number of carboxylic acids is 1. The maximum atomic E-state index is 9.99. The second-order valence-electron chi connectivity index (χ2n) is 2.51. The van der Waals surface area contributed by atoms with Gasteiger partial charge in [0.15, 0.2) is 0 Å². The molecular formula is C6H13NO4. The van der Waals surface area contributed by atoms with E-state index in [1.807, 2.05) is 0 Å². The van der Waals surface area contributed by atoms with E-state index >= 15 is 0 Å². The number of aliphatic carboxylic acids is 1. The fourth-order valence-corrected chi connectivity index (χ4v) is 0.625. The molecule has 5 N–H and O–H groups in total. The Bertz CT molecular complexity index is 135. The van der Waals surface area contributed by atoms with E-state index in [-0.39, 0.29) is 19.3 Å². The third-order valence-corrected chi connectivity index (χ3v) is 1.27. The Morgan fingerprint density at radius 1 is 1.55 bits per heavy atom. The lowest BCUT2D eigenvalue weighted by atomic mass is 10.1. The maximum Gasteiger partial charge on any atom is 0.303 e. The van der Waals surface area contributed by atoms with Gasteiger partial charge in [0.1, 0.15) is 5.72 Å². The molecule has 0 aliphatic carbocycles. The molecule has 0 rings (SSSR count). The zero-order chi connectivity index (χ0) is 8.91. The summed E-state index contributed by atoms with van der Waals surface area (Å²) in [7, 11) is 0. The SMILES string of the molecule is NC(O)(CO)CCCC(=O)O. The number of carbonyl (C=O) groups is 1. The van der Waals surface area contributed by atoms with Crippen molar-refractivity contribution < 1.29 is 20.1 Å². The van der Waals surface area contributed by atoms with Gasteiger partial charge in [-0.05, 0) is 12.8 Å². The Labute approximate surface area is 64.4 Å². The Hall–Kier alpha value is -0.650. The standard InChI is InChI=1S/C6H13NO4/c7-6(11,4-8)3-1-2-5(9)10/h8,11H,1-4,7H2,(H,9,10). The molecule has 1 unspecified atom stereocenters. The van der Waals surface area contributed by atoms with Crippen molar-refractivity contribution in [2.24, 2.45) is 5.73 Å². The van der Waals surface area contributed by atoms with Gasteiger partial charge < -0.3 is 21.1 Å². The Kier molecular flexibility index (Phi) is 4.02. The van der Waals surface area contributed by atoms with Crippen LogP contribution in [0.1, 0.15) is 19.3 Å². The molecule has 0 aromatic heterocycles. The first-order chi connectivity index (χ1) is 4.98. The zero-order valence-electron chi connectivity index (χ0n) is 6.16. The van der Waals surface area contributed by atoms with Crippen molar-refractivity contribution in [3.8, 4) is 0 Å². The van der Waals surface area contributed by atoms with Crippen LogP contribution in [0.4, 0.5) is 0 Å². The van der Waals surface area contributed by atoms with Crippen LogP contribution < -0.4 is 5.73 Å². The third kappa shape index (κ3) is 5.78. The second kappa shape index (κ2) is 4.27. The Balaban J connectivity index is 3.45. The predicted molar refractivity (Wildman–Crippen MR) is 37.7 cm³/mol. The highest BCUT2D eigenvalue weighted by atomic mass is 16.4. The normalized spacial score (nSPS) is 15.9. The van der Waals surface area contributed by atoms with Crippen molar-refractivity contribution in [1.29, 1.82) is 0 Å². The van der Waals surface area contributed by atoms with E-state index in [4.69, 9.17) is 21.1 Å². The minimum atomic E-state index is -1.63. The first kappa shape index (κ1) is 10.3. The lowest BCUT2D eigenvalue weighted by Gasteiger charge is -2.18. The van der Waals surface area contributed by atoms with Crippen molar-refractivity contribution in [1.82, 2.24) is 0 Å². The molecule has 0 amide bonds. The molecular weight excluding hydrogens is 150 g/mol. The van der Waals surface area contributed by atoms with Crippen LogP contribution >= 0.6 is 0 Å². The summed E-state index contributed by atoms with van der Waals surface area (Å²) in [6.07, 6.45) is 0.318. The molecule has 0 radical (unpaired) electrons. The molecule has 1 atom stereocenters. The van der Waals surface area contributed by atoms with Gasteiger partial charge in [0, 0.05) is 6.42 Å². The van der Waals surface area contributed by atoms with Crippen molar-refractivity contribution in [3.05, 3.63) is 0 Å². The van der Waals surface area contributed by atoms with Crippen LogP contribution in [-0.2, 0) is 4.79 Å². The van der Waals surface area contributed by atoms with Gasteiger partial charge in [-0.15, -0.1) is 0 Å². The summed E-state index contributed by atoms with van der Waals surface area (Å²) < 4.78 is 0. The fraction of sp³-hybridized carbons (Fsp3) is 0.833. The van der Waals surface area contributed by atoms with Gasteiger partial charge in [0.2, 0.25) is 0 Å². The summed E-state index contributed by atoms with van der Waals surface area (Å²) in [6.45, 7) is -0.549. The molecule has 66 valence electrons. The molecule has 0 aromatic carbocycles. The van der Waals surface area contributed by atoms with Crippen molar-refractivity contribution >= 4 is 5.97 Å². The van der Waals surface area contributed by atoms with Gasteiger partial charge in [-0.1, -0.05) is 0 Å². The maximum absolute atomic E-state index is 9.99. The van der Waals surface area contributed by atoms with Crippen LogP contribution in [0.5, 0.6) is 0 Å². The number of hydrogen-bond acceptors (Lipinski definition) is 4. The van der Waals surface area contributed by atoms with Crippen molar-refractivity contribution in [2.45, 2.75) is 25.0 Å². The van der Waals surface area contributed by atoms with E-state index < -0.39 is 18.3 Å². The average molecular weight is 163 g/mol. The Morgan fingerprint density at radius 3 is 2.45 bits per heavy atom. The summed E-state index contributed by atoms with van der Waals surface area (Å²) in [6, 6.07) is 0.